The Morgan fingerprint density at radius 2 is 2.00 bits per heavy atom. The molecular formula is C4H7BO4. The Morgan fingerprint density at radius 1 is 1.56 bits per heavy atom. The van der Waals surface area contributed by atoms with Crippen molar-refractivity contribution in [3.63, 3.8) is 0 Å². The van der Waals surface area contributed by atoms with E-state index in [-0.39, 0.29) is 5.57 Å². The highest BCUT2D eigenvalue weighted by Gasteiger charge is 2.05. The molecule has 0 rings (SSSR count). The number of carbonyl (C=O) groups is 1. The quantitative estimate of drug-likeness (QED) is 0.332. The Labute approximate surface area is 52.6 Å². The van der Waals surface area contributed by atoms with E-state index in [0.717, 1.165) is 5.98 Å². The van der Waals surface area contributed by atoms with Gasteiger partial charge in [-0.15, -0.1) is 0 Å². The first-order valence-corrected chi connectivity index (χ1v) is 2.32. The highest BCUT2D eigenvalue weighted by molar-refractivity contribution is 6.48. The molecule has 0 aliphatic carbocycles. The van der Waals surface area contributed by atoms with Crippen LogP contribution in [-0.4, -0.2) is 28.2 Å². The summed E-state index contributed by atoms with van der Waals surface area (Å²) in [6, 6.07) is 0. The van der Waals surface area contributed by atoms with Gasteiger partial charge in [0.1, 0.15) is 0 Å². The van der Waals surface area contributed by atoms with Gasteiger partial charge in [-0.05, 0) is 12.9 Å². The molecule has 0 aromatic rings. The van der Waals surface area contributed by atoms with Crippen molar-refractivity contribution in [3.8, 4) is 0 Å². The lowest BCUT2D eigenvalue weighted by atomic mass is 9.89. The summed E-state index contributed by atoms with van der Waals surface area (Å²) in [7, 11) is -1.68. The average molecular weight is 130 g/mol. The summed E-state index contributed by atoms with van der Waals surface area (Å²) in [6.07, 6.45) is 0. The lowest BCUT2D eigenvalue weighted by molar-refractivity contribution is -0.132. The number of carboxylic acids is 1. The zero-order chi connectivity index (χ0) is 7.44. The Balaban J connectivity index is 4.00. The van der Waals surface area contributed by atoms with E-state index < -0.39 is 13.1 Å². The van der Waals surface area contributed by atoms with Crippen LogP contribution in [0.2, 0.25) is 0 Å². The van der Waals surface area contributed by atoms with Gasteiger partial charge in [0.15, 0.2) is 0 Å². The van der Waals surface area contributed by atoms with E-state index in [1.54, 1.807) is 0 Å². The van der Waals surface area contributed by atoms with Gasteiger partial charge in [0.2, 0.25) is 0 Å². The van der Waals surface area contributed by atoms with Gasteiger partial charge >= 0.3 is 13.1 Å². The number of rotatable bonds is 2. The molecule has 0 spiro atoms. The molecule has 0 fully saturated rings. The molecule has 0 radical (unpaired) electrons. The molecule has 9 heavy (non-hydrogen) atoms. The third-order valence-corrected chi connectivity index (χ3v) is 0.736. The van der Waals surface area contributed by atoms with Gasteiger partial charge in [-0.1, -0.05) is 0 Å². The first-order valence-electron chi connectivity index (χ1n) is 2.32. The molecule has 0 aromatic carbocycles. The maximum absolute atomic E-state index is 9.94. The molecule has 0 heterocycles. The Kier molecular flexibility index (Phi) is 2.97. The fourth-order valence-electron chi connectivity index (χ4n) is 0.295. The summed E-state index contributed by atoms with van der Waals surface area (Å²) < 4.78 is 0. The van der Waals surface area contributed by atoms with Crippen LogP contribution in [0.3, 0.4) is 0 Å². The molecule has 0 unspecified atom stereocenters. The van der Waals surface area contributed by atoms with Crippen LogP contribution in [0.1, 0.15) is 6.92 Å². The lowest BCUT2D eigenvalue weighted by Crippen LogP contribution is -2.10. The van der Waals surface area contributed by atoms with Crippen LogP contribution in [0, 0.1) is 0 Å². The summed E-state index contributed by atoms with van der Waals surface area (Å²) >= 11 is 0. The van der Waals surface area contributed by atoms with Gasteiger partial charge in [-0.25, -0.2) is 4.79 Å². The first kappa shape index (κ1) is 8.19. The van der Waals surface area contributed by atoms with Gasteiger partial charge < -0.3 is 15.2 Å². The highest BCUT2D eigenvalue weighted by Crippen LogP contribution is 1.90. The average Bonchev–Trinajstić information content (AvgIpc) is 1.63. The van der Waals surface area contributed by atoms with Crippen molar-refractivity contribution in [1.82, 2.24) is 0 Å². The van der Waals surface area contributed by atoms with Crippen molar-refractivity contribution in [2.24, 2.45) is 0 Å². The lowest BCUT2D eigenvalue weighted by Gasteiger charge is -1.90. The molecule has 5 heteroatoms. The van der Waals surface area contributed by atoms with E-state index in [4.69, 9.17) is 15.2 Å². The third-order valence-electron chi connectivity index (χ3n) is 0.736. The molecule has 0 bridgehead atoms. The standard InChI is InChI=1S/C4H7BO4/c1-3(4(6)7)2-5(8)9/h2,8-9H,1H3,(H,6,7)/b3-2+. The predicted octanol–water partition coefficient (Wildman–Crippen LogP) is -0.971. The summed E-state index contributed by atoms with van der Waals surface area (Å²) in [6.45, 7) is 1.28. The van der Waals surface area contributed by atoms with Crippen molar-refractivity contribution in [3.05, 3.63) is 11.5 Å². The molecule has 4 nitrogen and oxygen atoms in total. The summed E-state index contributed by atoms with van der Waals surface area (Å²) in [5.41, 5.74) is -0.0787. The smallest absolute Gasteiger partial charge is 0.478 e. The van der Waals surface area contributed by atoms with Crippen LogP contribution in [0.15, 0.2) is 11.5 Å². The van der Waals surface area contributed by atoms with Crippen molar-refractivity contribution in [1.29, 1.82) is 0 Å². The number of hydrogen-bond donors (Lipinski definition) is 3. The van der Waals surface area contributed by atoms with Gasteiger partial charge in [0.25, 0.3) is 0 Å². The van der Waals surface area contributed by atoms with Gasteiger partial charge in [0.05, 0.1) is 0 Å². The second kappa shape index (κ2) is 3.27. The van der Waals surface area contributed by atoms with Crippen molar-refractivity contribution >= 4 is 13.1 Å². The summed E-state index contributed by atoms with van der Waals surface area (Å²) in [4.78, 5) is 9.94. The van der Waals surface area contributed by atoms with Crippen LogP contribution in [0.25, 0.3) is 0 Å². The zero-order valence-electron chi connectivity index (χ0n) is 4.90. The van der Waals surface area contributed by atoms with E-state index in [1.165, 1.54) is 6.92 Å². The molecule has 3 N–H and O–H groups in total. The van der Waals surface area contributed by atoms with E-state index in [2.05, 4.69) is 0 Å². The number of hydrogen-bond acceptors (Lipinski definition) is 3. The van der Waals surface area contributed by atoms with Gasteiger partial charge in [-0.3, -0.25) is 0 Å². The highest BCUT2D eigenvalue weighted by atomic mass is 16.4. The normalized spacial score (nSPS) is 11.2. The van der Waals surface area contributed by atoms with E-state index >= 15 is 0 Å². The van der Waals surface area contributed by atoms with Crippen LogP contribution in [0.5, 0.6) is 0 Å². The molecule has 0 atom stereocenters. The van der Waals surface area contributed by atoms with E-state index in [9.17, 15) is 4.79 Å². The monoisotopic (exact) mass is 130 g/mol. The van der Waals surface area contributed by atoms with E-state index in [0.29, 0.717) is 0 Å². The second-order valence-corrected chi connectivity index (χ2v) is 1.57. The minimum Gasteiger partial charge on any atom is -0.478 e. The first-order chi connectivity index (χ1) is 4.04. The van der Waals surface area contributed by atoms with Crippen LogP contribution < -0.4 is 0 Å². The summed E-state index contributed by atoms with van der Waals surface area (Å²) in [5, 5.41) is 24.5. The van der Waals surface area contributed by atoms with Crippen molar-refractivity contribution < 1.29 is 19.9 Å². The maximum atomic E-state index is 9.94. The van der Waals surface area contributed by atoms with Gasteiger partial charge in [0, 0.05) is 5.57 Å². The van der Waals surface area contributed by atoms with Crippen LogP contribution in [-0.2, 0) is 4.79 Å². The minimum absolute atomic E-state index is 0.0787. The molecule has 0 saturated carbocycles. The number of aliphatic carboxylic acids is 1. The molecule has 50 valence electrons. The third kappa shape index (κ3) is 3.75. The topological polar surface area (TPSA) is 77.8 Å². The molecule has 0 aliphatic rings. The molecule has 0 aliphatic heterocycles. The SMILES string of the molecule is C/C(=C\B(O)O)C(=O)O. The minimum atomic E-state index is -1.68. The fourth-order valence-corrected chi connectivity index (χ4v) is 0.295. The Hall–Kier alpha value is -0.805. The molecular weight excluding hydrogens is 123 g/mol. The van der Waals surface area contributed by atoms with E-state index in [1.807, 2.05) is 0 Å². The second-order valence-electron chi connectivity index (χ2n) is 1.57. The Bertz CT molecular complexity index is 140. The molecule has 0 saturated heterocycles. The Morgan fingerprint density at radius 3 is 2.11 bits per heavy atom. The van der Waals surface area contributed by atoms with Crippen LogP contribution in [0.4, 0.5) is 0 Å². The zero-order valence-corrected chi connectivity index (χ0v) is 4.90. The summed E-state index contributed by atoms with van der Waals surface area (Å²) in [5.74, 6) is -0.314. The van der Waals surface area contributed by atoms with Crippen molar-refractivity contribution in [2.75, 3.05) is 0 Å². The fraction of sp³-hybridized carbons (Fsp3) is 0.250. The van der Waals surface area contributed by atoms with Crippen molar-refractivity contribution in [2.45, 2.75) is 6.92 Å². The predicted molar refractivity (Wildman–Crippen MR) is 31.6 cm³/mol. The molecule has 0 amide bonds. The maximum Gasteiger partial charge on any atom is 0.481 e. The number of carboxylic acid groups (broad SMARTS) is 1. The largest absolute Gasteiger partial charge is 0.481 e. The van der Waals surface area contributed by atoms with Crippen LogP contribution >= 0.6 is 0 Å². The molecule has 0 aromatic heterocycles. The van der Waals surface area contributed by atoms with Gasteiger partial charge in [-0.2, -0.15) is 0 Å².